The quantitative estimate of drug-likeness (QED) is 0.654. The molecule has 0 bridgehead atoms. The van der Waals surface area contributed by atoms with Crippen molar-refractivity contribution in [3.8, 4) is 0 Å². The van der Waals surface area contributed by atoms with Crippen molar-refractivity contribution in [2.24, 2.45) is 0 Å². The average molecular weight is 294 g/mol. The summed E-state index contributed by atoms with van der Waals surface area (Å²) in [5, 5.41) is 0.332. The van der Waals surface area contributed by atoms with Gasteiger partial charge >= 0.3 is 0 Å². The van der Waals surface area contributed by atoms with Crippen molar-refractivity contribution >= 4 is 34.4 Å². The smallest absolute Gasteiger partial charge is 0.204 e. The predicted octanol–water partition coefficient (Wildman–Crippen LogP) is 4.51. The zero-order valence-corrected chi connectivity index (χ0v) is 12.7. The summed E-state index contributed by atoms with van der Waals surface area (Å²) in [4.78, 5) is 14.3. The highest BCUT2D eigenvalue weighted by Gasteiger charge is 2.20. The number of rotatable bonds is 2. The lowest BCUT2D eigenvalue weighted by molar-refractivity contribution is 0.104. The fraction of sp³-hybridized carbons (Fsp3) is 0.267. The van der Waals surface area contributed by atoms with Crippen LogP contribution in [0.5, 0.6) is 0 Å². The lowest BCUT2D eigenvalue weighted by Crippen LogP contribution is -2.08. The first-order chi connectivity index (χ1) is 8.80. The van der Waals surface area contributed by atoms with E-state index in [9.17, 15) is 4.79 Å². The molecular formula is C15H16ClNOS. The molecule has 0 saturated carbocycles. The molecule has 0 amide bonds. The Hall–Kier alpha value is -1.32. The normalized spacial score (nSPS) is 11.6. The number of carbonyl (C=O) groups excluding carboxylic acids is 1. The largest absolute Gasteiger partial charge is 0.398 e. The summed E-state index contributed by atoms with van der Waals surface area (Å²) < 4.78 is 0. The van der Waals surface area contributed by atoms with Crippen LogP contribution in [-0.4, -0.2) is 5.78 Å². The van der Waals surface area contributed by atoms with Gasteiger partial charge in [-0.1, -0.05) is 38.4 Å². The summed E-state index contributed by atoms with van der Waals surface area (Å²) in [7, 11) is 0. The Morgan fingerprint density at radius 2 is 1.89 bits per heavy atom. The van der Waals surface area contributed by atoms with Gasteiger partial charge in [-0.05, 0) is 29.7 Å². The van der Waals surface area contributed by atoms with E-state index in [1.54, 1.807) is 18.2 Å². The highest BCUT2D eigenvalue weighted by atomic mass is 35.5. The lowest BCUT2D eigenvalue weighted by atomic mass is 9.95. The van der Waals surface area contributed by atoms with Gasteiger partial charge in [0.2, 0.25) is 5.78 Å². The van der Waals surface area contributed by atoms with Crippen molar-refractivity contribution in [2.45, 2.75) is 26.2 Å². The Kier molecular flexibility index (Phi) is 3.70. The van der Waals surface area contributed by atoms with Gasteiger partial charge in [-0.2, -0.15) is 0 Å². The van der Waals surface area contributed by atoms with Gasteiger partial charge in [0.25, 0.3) is 0 Å². The van der Waals surface area contributed by atoms with E-state index in [0.717, 1.165) is 0 Å². The van der Waals surface area contributed by atoms with Crippen LogP contribution in [0.2, 0.25) is 5.02 Å². The summed E-state index contributed by atoms with van der Waals surface area (Å²) in [6.07, 6.45) is 0. The predicted molar refractivity (Wildman–Crippen MR) is 82.3 cm³/mol. The van der Waals surface area contributed by atoms with Crippen LogP contribution in [0, 0.1) is 0 Å². The number of benzene rings is 1. The monoisotopic (exact) mass is 293 g/mol. The van der Waals surface area contributed by atoms with E-state index in [0.29, 0.717) is 21.2 Å². The van der Waals surface area contributed by atoms with Gasteiger partial charge in [0.1, 0.15) is 0 Å². The molecule has 0 aliphatic heterocycles. The van der Waals surface area contributed by atoms with E-state index < -0.39 is 0 Å². The lowest BCUT2D eigenvalue weighted by Gasteiger charge is -2.15. The molecule has 0 saturated heterocycles. The Bertz CT molecular complexity index is 625. The number of carbonyl (C=O) groups is 1. The minimum absolute atomic E-state index is 0.0444. The molecule has 100 valence electrons. The fourth-order valence-corrected chi connectivity index (χ4v) is 2.95. The van der Waals surface area contributed by atoms with Crippen LogP contribution in [0.4, 0.5) is 5.69 Å². The molecule has 0 spiro atoms. The van der Waals surface area contributed by atoms with E-state index >= 15 is 0 Å². The minimum atomic E-state index is -0.0715. The van der Waals surface area contributed by atoms with Gasteiger partial charge < -0.3 is 5.73 Å². The molecule has 0 fully saturated rings. The van der Waals surface area contributed by atoms with Gasteiger partial charge in [0.05, 0.1) is 15.6 Å². The first-order valence-electron chi connectivity index (χ1n) is 5.99. The van der Waals surface area contributed by atoms with E-state index in [1.165, 1.54) is 16.2 Å². The van der Waals surface area contributed by atoms with Gasteiger partial charge in [-0.3, -0.25) is 4.79 Å². The van der Waals surface area contributed by atoms with E-state index in [-0.39, 0.29) is 11.2 Å². The van der Waals surface area contributed by atoms with Crippen LogP contribution < -0.4 is 5.73 Å². The van der Waals surface area contributed by atoms with Crippen LogP contribution in [0.25, 0.3) is 0 Å². The van der Waals surface area contributed by atoms with Crippen LogP contribution in [-0.2, 0) is 5.41 Å². The highest BCUT2D eigenvalue weighted by Crippen LogP contribution is 2.32. The maximum atomic E-state index is 12.4. The molecule has 2 nitrogen and oxygen atoms in total. The Morgan fingerprint density at radius 1 is 1.21 bits per heavy atom. The number of ketones is 1. The molecule has 1 heterocycles. The number of hydrogen-bond acceptors (Lipinski definition) is 3. The van der Waals surface area contributed by atoms with Crippen LogP contribution in [0.3, 0.4) is 0 Å². The Morgan fingerprint density at radius 3 is 2.47 bits per heavy atom. The molecule has 4 heteroatoms. The van der Waals surface area contributed by atoms with Crippen LogP contribution in [0.15, 0.2) is 30.3 Å². The number of hydrogen-bond donors (Lipinski definition) is 1. The van der Waals surface area contributed by atoms with Gasteiger partial charge in [-0.15, -0.1) is 11.3 Å². The summed E-state index contributed by atoms with van der Waals surface area (Å²) in [5.41, 5.74) is 6.67. The van der Waals surface area contributed by atoms with Gasteiger partial charge in [0.15, 0.2) is 0 Å². The molecule has 19 heavy (non-hydrogen) atoms. The zero-order chi connectivity index (χ0) is 14.2. The number of anilines is 1. The topological polar surface area (TPSA) is 43.1 Å². The molecule has 1 aromatic heterocycles. The number of halogens is 1. The molecular weight excluding hydrogens is 278 g/mol. The van der Waals surface area contributed by atoms with Gasteiger partial charge in [-0.25, -0.2) is 0 Å². The van der Waals surface area contributed by atoms with Crippen molar-refractivity contribution in [1.29, 1.82) is 0 Å². The van der Waals surface area contributed by atoms with Crippen molar-refractivity contribution < 1.29 is 4.79 Å². The van der Waals surface area contributed by atoms with Crippen molar-refractivity contribution in [1.82, 2.24) is 0 Å². The Balaban J connectivity index is 2.40. The summed E-state index contributed by atoms with van der Waals surface area (Å²) in [6.45, 7) is 6.38. The van der Waals surface area contributed by atoms with Crippen molar-refractivity contribution in [2.75, 3.05) is 5.73 Å². The second-order valence-electron chi connectivity index (χ2n) is 5.45. The maximum absolute atomic E-state index is 12.4. The molecule has 2 rings (SSSR count). The highest BCUT2D eigenvalue weighted by molar-refractivity contribution is 7.14. The molecule has 0 aliphatic carbocycles. The standard InChI is InChI=1S/C15H16ClNOS/c1-15(2,3)12-8-7-11(19-12)14(18)9-5-4-6-10(17)13(9)16/h4-8H,17H2,1-3H3. The number of nitrogen functional groups attached to an aromatic ring is 1. The second kappa shape index (κ2) is 4.99. The van der Waals surface area contributed by atoms with Crippen molar-refractivity contribution in [3.63, 3.8) is 0 Å². The fourth-order valence-electron chi connectivity index (χ4n) is 1.72. The summed E-state index contributed by atoms with van der Waals surface area (Å²) in [5.74, 6) is -0.0715. The minimum Gasteiger partial charge on any atom is -0.398 e. The summed E-state index contributed by atoms with van der Waals surface area (Å²) >= 11 is 7.60. The van der Waals surface area contributed by atoms with Crippen molar-refractivity contribution in [3.05, 3.63) is 50.7 Å². The first-order valence-corrected chi connectivity index (χ1v) is 7.19. The third kappa shape index (κ3) is 2.82. The average Bonchev–Trinajstić information content (AvgIpc) is 2.81. The van der Waals surface area contributed by atoms with Gasteiger partial charge in [0, 0.05) is 10.4 Å². The molecule has 0 atom stereocenters. The molecule has 2 aromatic rings. The molecule has 0 radical (unpaired) electrons. The summed E-state index contributed by atoms with van der Waals surface area (Å²) in [6, 6.07) is 8.99. The van der Waals surface area contributed by atoms with Crippen LogP contribution >= 0.6 is 22.9 Å². The van der Waals surface area contributed by atoms with Crippen LogP contribution in [0.1, 0.15) is 40.9 Å². The van der Waals surface area contributed by atoms with E-state index in [1.807, 2.05) is 12.1 Å². The maximum Gasteiger partial charge on any atom is 0.204 e. The first kappa shape index (κ1) is 14.1. The number of nitrogens with two attached hydrogens (primary N) is 1. The molecule has 0 unspecified atom stereocenters. The zero-order valence-electron chi connectivity index (χ0n) is 11.2. The number of thiophene rings is 1. The van der Waals surface area contributed by atoms with E-state index in [2.05, 4.69) is 20.8 Å². The molecule has 0 aliphatic rings. The molecule has 2 N–H and O–H groups in total. The third-order valence-electron chi connectivity index (χ3n) is 2.84. The Labute approximate surface area is 122 Å². The second-order valence-corrected chi connectivity index (χ2v) is 6.91. The SMILES string of the molecule is CC(C)(C)c1ccc(C(=O)c2cccc(N)c2Cl)s1. The molecule has 1 aromatic carbocycles. The third-order valence-corrected chi connectivity index (χ3v) is 4.77. The van der Waals surface area contributed by atoms with E-state index in [4.69, 9.17) is 17.3 Å².